The lowest BCUT2D eigenvalue weighted by atomic mass is 9.99. The van der Waals surface area contributed by atoms with Crippen LogP contribution in [-0.2, 0) is 9.47 Å². The molecule has 0 aliphatic carbocycles. The van der Waals surface area contributed by atoms with Crippen molar-refractivity contribution in [3.05, 3.63) is 0 Å². The van der Waals surface area contributed by atoms with Crippen molar-refractivity contribution in [1.82, 2.24) is 10.8 Å². The predicted molar refractivity (Wildman–Crippen MR) is 57.3 cm³/mol. The highest BCUT2D eigenvalue weighted by Gasteiger charge is 2.37. The number of ether oxygens (including phenoxy) is 2. The highest BCUT2D eigenvalue weighted by atomic mass is 16.6. The van der Waals surface area contributed by atoms with E-state index in [1.807, 2.05) is 0 Å². The van der Waals surface area contributed by atoms with Gasteiger partial charge in [0.2, 0.25) is 0 Å². The molecular formula is C10H20N2O4. The Morgan fingerprint density at radius 2 is 2.25 bits per heavy atom. The molecule has 1 rings (SSSR count). The zero-order valence-electron chi connectivity index (χ0n) is 10.0. The molecule has 3 N–H and O–H groups in total. The van der Waals surface area contributed by atoms with E-state index in [1.165, 1.54) is 0 Å². The molecule has 0 aromatic rings. The predicted octanol–water partition coefficient (Wildman–Crippen LogP) is 0.649. The Kier molecular flexibility index (Phi) is 4.12. The van der Waals surface area contributed by atoms with E-state index in [4.69, 9.17) is 14.7 Å². The molecule has 0 aromatic carbocycles. The number of hydrogen-bond donors (Lipinski definition) is 3. The summed E-state index contributed by atoms with van der Waals surface area (Å²) in [7, 11) is 0. The molecule has 1 atom stereocenters. The second kappa shape index (κ2) is 4.99. The van der Waals surface area contributed by atoms with E-state index in [1.54, 1.807) is 20.8 Å². The summed E-state index contributed by atoms with van der Waals surface area (Å²) in [5, 5.41) is 11.5. The van der Waals surface area contributed by atoms with Crippen molar-refractivity contribution < 1.29 is 19.5 Å². The Hall–Kier alpha value is -0.850. The molecule has 0 bridgehead atoms. The van der Waals surface area contributed by atoms with Gasteiger partial charge in [-0.1, -0.05) is 0 Å². The minimum Gasteiger partial charge on any atom is -0.444 e. The Morgan fingerprint density at radius 1 is 1.56 bits per heavy atom. The molecule has 1 amide bonds. The Bertz CT molecular complexity index is 244. The van der Waals surface area contributed by atoms with Crippen LogP contribution in [0.4, 0.5) is 4.79 Å². The van der Waals surface area contributed by atoms with Crippen LogP contribution in [0.2, 0.25) is 0 Å². The summed E-state index contributed by atoms with van der Waals surface area (Å²) < 4.78 is 10.4. The van der Waals surface area contributed by atoms with Gasteiger partial charge in [-0.05, 0) is 27.2 Å². The first-order valence-corrected chi connectivity index (χ1v) is 5.33. The van der Waals surface area contributed by atoms with Crippen LogP contribution in [0.3, 0.4) is 0 Å². The van der Waals surface area contributed by atoms with Gasteiger partial charge in [0.05, 0.1) is 12.1 Å². The smallest absolute Gasteiger partial charge is 0.408 e. The van der Waals surface area contributed by atoms with Crippen LogP contribution < -0.4 is 10.8 Å². The minimum absolute atomic E-state index is 0.242. The fourth-order valence-corrected chi connectivity index (χ4v) is 1.56. The highest BCUT2D eigenvalue weighted by molar-refractivity contribution is 5.69. The lowest BCUT2D eigenvalue weighted by Gasteiger charge is -2.29. The van der Waals surface area contributed by atoms with Crippen LogP contribution in [-0.4, -0.2) is 42.2 Å². The molecule has 1 unspecified atom stereocenters. The van der Waals surface area contributed by atoms with Gasteiger partial charge in [0.15, 0.2) is 0 Å². The number of hydroxylamine groups is 1. The monoisotopic (exact) mass is 232 g/mol. The maximum absolute atomic E-state index is 11.6. The molecule has 0 aromatic heterocycles. The summed E-state index contributed by atoms with van der Waals surface area (Å²) in [6, 6.07) is 0. The molecule has 6 nitrogen and oxygen atoms in total. The van der Waals surface area contributed by atoms with Gasteiger partial charge < -0.3 is 20.0 Å². The summed E-state index contributed by atoms with van der Waals surface area (Å²) in [5.74, 6) is 0. The van der Waals surface area contributed by atoms with Crippen LogP contribution in [0.15, 0.2) is 0 Å². The topological polar surface area (TPSA) is 79.8 Å². The first kappa shape index (κ1) is 13.2. The normalized spacial score (nSPS) is 25.5. The largest absolute Gasteiger partial charge is 0.444 e. The summed E-state index contributed by atoms with van der Waals surface area (Å²) in [5.41, 5.74) is 0.966. The van der Waals surface area contributed by atoms with Gasteiger partial charge in [0.1, 0.15) is 5.60 Å². The third kappa shape index (κ3) is 3.96. The lowest BCUT2D eigenvalue weighted by molar-refractivity contribution is 0.0397. The average Bonchev–Trinajstić information content (AvgIpc) is 2.49. The van der Waals surface area contributed by atoms with Gasteiger partial charge in [-0.3, -0.25) is 0 Å². The van der Waals surface area contributed by atoms with E-state index in [2.05, 4.69) is 10.8 Å². The minimum atomic E-state index is -0.572. The van der Waals surface area contributed by atoms with Crippen molar-refractivity contribution in [2.75, 3.05) is 19.8 Å². The van der Waals surface area contributed by atoms with Gasteiger partial charge in [-0.15, -0.1) is 0 Å². The molecule has 6 heteroatoms. The quantitative estimate of drug-likeness (QED) is 0.622. The second-order valence-electron chi connectivity index (χ2n) is 5.04. The van der Waals surface area contributed by atoms with Crippen molar-refractivity contribution >= 4 is 6.09 Å². The number of hydrogen-bond acceptors (Lipinski definition) is 5. The summed E-state index contributed by atoms with van der Waals surface area (Å²) in [6.45, 7) is 6.58. The molecule has 1 aliphatic rings. The van der Waals surface area contributed by atoms with Gasteiger partial charge in [0, 0.05) is 13.2 Å². The Morgan fingerprint density at radius 3 is 2.69 bits per heavy atom. The fraction of sp³-hybridized carbons (Fsp3) is 0.900. The average molecular weight is 232 g/mol. The molecule has 94 valence electrons. The molecule has 1 saturated heterocycles. The molecule has 0 spiro atoms. The van der Waals surface area contributed by atoms with E-state index < -0.39 is 17.2 Å². The number of alkyl carbamates (subject to hydrolysis) is 1. The first-order chi connectivity index (χ1) is 7.37. The number of carbonyl (C=O) groups excluding carboxylic acids is 1. The van der Waals surface area contributed by atoms with Gasteiger partial charge in [-0.25, -0.2) is 10.3 Å². The third-order valence-corrected chi connectivity index (χ3v) is 2.29. The molecule has 0 saturated carbocycles. The molecule has 1 aliphatic heterocycles. The van der Waals surface area contributed by atoms with Gasteiger partial charge >= 0.3 is 6.09 Å². The van der Waals surface area contributed by atoms with E-state index >= 15 is 0 Å². The Labute approximate surface area is 95.3 Å². The zero-order chi connectivity index (χ0) is 12.2. The number of nitrogens with one attached hydrogen (secondary N) is 2. The third-order valence-electron chi connectivity index (χ3n) is 2.29. The fourth-order valence-electron chi connectivity index (χ4n) is 1.56. The van der Waals surface area contributed by atoms with Crippen molar-refractivity contribution in [2.45, 2.75) is 38.3 Å². The van der Waals surface area contributed by atoms with Gasteiger partial charge in [-0.2, -0.15) is 0 Å². The summed E-state index contributed by atoms with van der Waals surface area (Å²) in [6.07, 6.45) is 0.160. The molecule has 16 heavy (non-hydrogen) atoms. The van der Waals surface area contributed by atoms with Crippen LogP contribution in [0.5, 0.6) is 0 Å². The van der Waals surface area contributed by atoms with E-state index in [0.29, 0.717) is 19.6 Å². The Balaban J connectivity index is 2.52. The number of rotatable bonds is 3. The van der Waals surface area contributed by atoms with Crippen LogP contribution in [0.1, 0.15) is 27.2 Å². The SMILES string of the molecule is CC(C)(C)OC(=O)NC1(CNO)CCOC1. The van der Waals surface area contributed by atoms with Crippen molar-refractivity contribution in [2.24, 2.45) is 0 Å². The van der Waals surface area contributed by atoms with Crippen molar-refractivity contribution in [3.8, 4) is 0 Å². The first-order valence-electron chi connectivity index (χ1n) is 5.33. The van der Waals surface area contributed by atoms with E-state index in [0.717, 1.165) is 0 Å². The standard InChI is InChI=1S/C10H20N2O4/c1-9(2,3)16-8(13)12-10(6-11-14)4-5-15-7-10/h11,14H,4-7H2,1-3H3,(H,12,13). The van der Waals surface area contributed by atoms with E-state index in [9.17, 15) is 4.79 Å². The number of amides is 1. The van der Waals surface area contributed by atoms with Gasteiger partial charge in [0.25, 0.3) is 0 Å². The lowest BCUT2D eigenvalue weighted by Crippen LogP contribution is -2.56. The van der Waals surface area contributed by atoms with Crippen LogP contribution in [0, 0.1) is 0 Å². The van der Waals surface area contributed by atoms with E-state index in [-0.39, 0.29) is 6.54 Å². The van der Waals surface area contributed by atoms with Crippen LogP contribution in [0.25, 0.3) is 0 Å². The molecule has 0 radical (unpaired) electrons. The maximum atomic E-state index is 11.6. The number of carbonyl (C=O) groups is 1. The molecule has 1 fully saturated rings. The molecule has 1 heterocycles. The second-order valence-corrected chi connectivity index (χ2v) is 5.04. The highest BCUT2D eigenvalue weighted by Crippen LogP contribution is 2.18. The zero-order valence-corrected chi connectivity index (χ0v) is 10.0. The van der Waals surface area contributed by atoms with Crippen molar-refractivity contribution in [1.29, 1.82) is 0 Å². The summed E-state index contributed by atoms with van der Waals surface area (Å²) >= 11 is 0. The molecular weight excluding hydrogens is 212 g/mol. The van der Waals surface area contributed by atoms with Crippen molar-refractivity contribution in [3.63, 3.8) is 0 Å². The maximum Gasteiger partial charge on any atom is 0.408 e. The summed E-state index contributed by atoms with van der Waals surface area (Å²) in [4.78, 5) is 11.6. The van der Waals surface area contributed by atoms with Crippen LogP contribution >= 0.6 is 0 Å².